The molecule has 0 aliphatic carbocycles. The molecule has 1 amide bonds. The Morgan fingerprint density at radius 1 is 1.17 bits per heavy atom. The molecule has 0 radical (unpaired) electrons. The summed E-state index contributed by atoms with van der Waals surface area (Å²) in [7, 11) is 1.67. The Kier molecular flexibility index (Phi) is 3.98. The van der Waals surface area contributed by atoms with Gasteiger partial charge in [-0.2, -0.15) is 0 Å². The molecule has 3 aromatic rings. The Hall–Kier alpha value is -2.33. The number of benzene rings is 2. The lowest BCUT2D eigenvalue weighted by Gasteiger charge is -2.24. The van der Waals surface area contributed by atoms with Crippen LogP contribution in [0.4, 0.5) is 0 Å². The molecule has 4 heteroatoms. The van der Waals surface area contributed by atoms with E-state index in [1.165, 1.54) is 10.3 Å². The summed E-state index contributed by atoms with van der Waals surface area (Å²) < 4.78 is 6.40. The molecule has 4 rings (SSSR count). The normalized spacial score (nSPS) is 17.4. The maximum atomic E-state index is 13.0. The zero-order valence-corrected chi connectivity index (χ0v) is 14.4. The van der Waals surface area contributed by atoms with Crippen LogP contribution >= 0.6 is 11.3 Å². The van der Waals surface area contributed by atoms with Gasteiger partial charge in [0, 0.05) is 11.2 Å². The van der Waals surface area contributed by atoms with Gasteiger partial charge >= 0.3 is 0 Å². The molecule has 0 bridgehead atoms. The SMILES string of the molecule is COc1ccc([C@H]2CCCN2C(=O)c2cc3ccccc3s2)cc1. The predicted molar refractivity (Wildman–Crippen MR) is 97.8 cm³/mol. The minimum absolute atomic E-state index is 0.148. The first-order valence-electron chi connectivity index (χ1n) is 8.20. The molecular weight excluding hydrogens is 318 g/mol. The van der Waals surface area contributed by atoms with Crippen molar-refractivity contribution in [2.75, 3.05) is 13.7 Å². The highest BCUT2D eigenvalue weighted by Crippen LogP contribution is 2.35. The van der Waals surface area contributed by atoms with Crippen LogP contribution in [0.5, 0.6) is 5.75 Å². The third kappa shape index (κ3) is 2.67. The lowest BCUT2D eigenvalue weighted by molar-refractivity contribution is 0.0740. The number of methoxy groups -OCH3 is 1. The monoisotopic (exact) mass is 337 g/mol. The lowest BCUT2D eigenvalue weighted by atomic mass is 10.0. The quantitative estimate of drug-likeness (QED) is 0.681. The van der Waals surface area contributed by atoms with E-state index < -0.39 is 0 Å². The van der Waals surface area contributed by atoms with Gasteiger partial charge in [0.05, 0.1) is 18.0 Å². The van der Waals surface area contributed by atoms with Crippen molar-refractivity contribution in [3.8, 4) is 5.75 Å². The van der Waals surface area contributed by atoms with Crippen LogP contribution in [0.2, 0.25) is 0 Å². The molecule has 0 spiro atoms. The second kappa shape index (κ2) is 6.29. The number of rotatable bonds is 3. The second-order valence-electron chi connectivity index (χ2n) is 6.08. The van der Waals surface area contributed by atoms with Crippen molar-refractivity contribution in [2.24, 2.45) is 0 Å². The third-order valence-corrected chi connectivity index (χ3v) is 5.75. The van der Waals surface area contributed by atoms with E-state index in [0.29, 0.717) is 0 Å². The van der Waals surface area contributed by atoms with Gasteiger partial charge in [0.1, 0.15) is 5.75 Å². The van der Waals surface area contributed by atoms with Gasteiger partial charge in [-0.25, -0.2) is 0 Å². The Balaban J connectivity index is 1.62. The number of fused-ring (bicyclic) bond motifs is 1. The van der Waals surface area contributed by atoms with Gasteiger partial charge in [0.15, 0.2) is 0 Å². The number of carbonyl (C=O) groups excluding carboxylic acids is 1. The fourth-order valence-electron chi connectivity index (χ4n) is 3.41. The average Bonchev–Trinajstić information content (AvgIpc) is 3.28. The first-order valence-corrected chi connectivity index (χ1v) is 9.01. The number of ether oxygens (including phenoxy) is 1. The largest absolute Gasteiger partial charge is 0.497 e. The third-order valence-electron chi connectivity index (χ3n) is 4.65. The van der Waals surface area contributed by atoms with E-state index in [4.69, 9.17) is 4.74 Å². The van der Waals surface area contributed by atoms with Crippen molar-refractivity contribution < 1.29 is 9.53 Å². The minimum atomic E-state index is 0.148. The minimum Gasteiger partial charge on any atom is -0.497 e. The molecule has 0 saturated carbocycles. The highest BCUT2D eigenvalue weighted by atomic mass is 32.1. The van der Waals surface area contributed by atoms with E-state index in [9.17, 15) is 4.79 Å². The van der Waals surface area contributed by atoms with Crippen LogP contribution in [0, 0.1) is 0 Å². The fraction of sp³-hybridized carbons (Fsp3) is 0.250. The molecule has 1 atom stereocenters. The molecule has 1 aromatic heterocycles. The molecule has 2 aromatic carbocycles. The van der Waals surface area contributed by atoms with E-state index in [0.717, 1.165) is 35.4 Å². The number of amides is 1. The second-order valence-corrected chi connectivity index (χ2v) is 7.16. The predicted octanol–water partition coefficient (Wildman–Crippen LogP) is 4.89. The van der Waals surface area contributed by atoms with E-state index >= 15 is 0 Å². The number of carbonyl (C=O) groups is 1. The van der Waals surface area contributed by atoms with E-state index in [1.54, 1.807) is 18.4 Å². The summed E-state index contributed by atoms with van der Waals surface area (Å²) in [6.45, 7) is 0.823. The number of thiophene rings is 1. The van der Waals surface area contributed by atoms with Crippen LogP contribution in [0.15, 0.2) is 54.6 Å². The topological polar surface area (TPSA) is 29.5 Å². The molecule has 24 heavy (non-hydrogen) atoms. The Morgan fingerprint density at radius 2 is 1.96 bits per heavy atom. The van der Waals surface area contributed by atoms with Crippen LogP contribution in [-0.4, -0.2) is 24.5 Å². The number of nitrogens with zero attached hydrogens (tertiary/aromatic N) is 1. The van der Waals surface area contributed by atoms with Crippen molar-refractivity contribution in [3.05, 3.63) is 65.0 Å². The van der Waals surface area contributed by atoms with Crippen molar-refractivity contribution in [1.29, 1.82) is 0 Å². The summed E-state index contributed by atoms with van der Waals surface area (Å²) in [5.41, 5.74) is 1.18. The van der Waals surface area contributed by atoms with Crippen LogP contribution in [0.1, 0.15) is 34.1 Å². The molecule has 1 aliphatic heterocycles. The van der Waals surface area contributed by atoms with E-state index in [2.05, 4.69) is 24.3 Å². The fourth-order valence-corrected chi connectivity index (χ4v) is 4.43. The summed E-state index contributed by atoms with van der Waals surface area (Å²) in [5, 5.41) is 1.14. The van der Waals surface area contributed by atoms with Crippen molar-refractivity contribution in [3.63, 3.8) is 0 Å². The Bertz CT molecular complexity index is 836. The summed E-state index contributed by atoms with van der Waals surface area (Å²) in [6, 6.07) is 18.4. The summed E-state index contributed by atoms with van der Waals surface area (Å²) in [5.74, 6) is 0.994. The van der Waals surface area contributed by atoms with Gasteiger partial charge in [-0.05, 0) is 48.1 Å². The molecule has 0 unspecified atom stereocenters. The van der Waals surface area contributed by atoms with Gasteiger partial charge in [-0.15, -0.1) is 11.3 Å². The van der Waals surface area contributed by atoms with E-state index in [1.807, 2.05) is 35.2 Å². The average molecular weight is 337 g/mol. The van der Waals surface area contributed by atoms with Crippen molar-refractivity contribution >= 4 is 27.3 Å². The summed E-state index contributed by atoms with van der Waals surface area (Å²) in [6.07, 6.45) is 2.07. The van der Waals surface area contributed by atoms with Gasteiger partial charge in [0.25, 0.3) is 5.91 Å². The van der Waals surface area contributed by atoms with Gasteiger partial charge in [-0.3, -0.25) is 4.79 Å². The maximum absolute atomic E-state index is 13.0. The number of hydrogen-bond donors (Lipinski definition) is 0. The van der Waals surface area contributed by atoms with Gasteiger partial charge < -0.3 is 9.64 Å². The summed E-state index contributed by atoms with van der Waals surface area (Å²) in [4.78, 5) is 15.9. The Morgan fingerprint density at radius 3 is 2.71 bits per heavy atom. The number of hydrogen-bond acceptors (Lipinski definition) is 3. The molecule has 0 N–H and O–H groups in total. The van der Waals surface area contributed by atoms with Crippen LogP contribution in [-0.2, 0) is 0 Å². The Labute approximate surface area is 145 Å². The molecule has 1 saturated heterocycles. The summed E-state index contributed by atoms with van der Waals surface area (Å²) >= 11 is 1.58. The first-order chi connectivity index (χ1) is 11.8. The maximum Gasteiger partial charge on any atom is 0.264 e. The standard InChI is InChI=1S/C20H19NO2S/c1-23-16-10-8-14(9-11-16)17-6-4-12-21(17)20(22)19-13-15-5-2-3-7-18(15)24-19/h2-3,5,7-11,13,17H,4,6,12H2,1H3/t17-/m1/s1. The van der Waals surface area contributed by atoms with Crippen LogP contribution in [0.3, 0.4) is 0 Å². The molecule has 1 aliphatic rings. The number of likely N-dealkylation sites (tertiary alicyclic amines) is 1. The van der Waals surface area contributed by atoms with Crippen molar-refractivity contribution in [2.45, 2.75) is 18.9 Å². The van der Waals surface area contributed by atoms with Gasteiger partial charge in [0.2, 0.25) is 0 Å². The van der Waals surface area contributed by atoms with Crippen molar-refractivity contribution in [1.82, 2.24) is 4.90 Å². The molecule has 1 fully saturated rings. The highest BCUT2D eigenvalue weighted by Gasteiger charge is 2.31. The van der Waals surface area contributed by atoms with E-state index in [-0.39, 0.29) is 11.9 Å². The van der Waals surface area contributed by atoms with Crippen LogP contribution < -0.4 is 4.74 Å². The zero-order valence-electron chi connectivity index (χ0n) is 13.6. The van der Waals surface area contributed by atoms with Crippen LogP contribution in [0.25, 0.3) is 10.1 Å². The highest BCUT2D eigenvalue weighted by molar-refractivity contribution is 7.20. The molecule has 3 nitrogen and oxygen atoms in total. The molecule has 2 heterocycles. The molecular formula is C20H19NO2S. The molecule has 122 valence electrons. The first kappa shape index (κ1) is 15.2. The lowest BCUT2D eigenvalue weighted by Crippen LogP contribution is -2.29. The smallest absolute Gasteiger partial charge is 0.264 e. The zero-order chi connectivity index (χ0) is 16.5. The van der Waals surface area contributed by atoms with Gasteiger partial charge in [-0.1, -0.05) is 30.3 Å².